The first kappa shape index (κ1) is 17.2. The van der Waals surface area contributed by atoms with E-state index < -0.39 is 6.04 Å². The minimum atomic E-state index is -0.628. The fourth-order valence-electron chi connectivity index (χ4n) is 3.13. The molecule has 2 unspecified atom stereocenters. The van der Waals surface area contributed by atoms with Crippen LogP contribution in [-0.4, -0.2) is 42.4 Å². The van der Waals surface area contributed by atoms with Gasteiger partial charge in [-0.25, -0.2) is 0 Å². The van der Waals surface area contributed by atoms with Gasteiger partial charge in [0.15, 0.2) is 5.76 Å². The lowest BCUT2D eigenvalue weighted by Crippen LogP contribution is -2.49. The molecule has 0 spiro atoms. The van der Waals surface area contributed by atoms with Gasteiger partial charge in [0.1, 0.15) is 6.04 Å². The fourth-order valence-corrected chi connectivity index (χ4v) is 3.13. The Balaban J connectivity index is 1.74. The first-order chi connectivity index (χ1) is 12.2. The van der Waals surface area contributed by atoms with Crippen LogP contribution in [0.2, 0.25) is 0 Å². The molecule has 1 saturated heterocycles. The summed E-state index contributed by atoms with van der Waals surface area (Å²) >= 11 is 0. The molecule has 0 saturated carbocycles. The van der Waals surface area contributed by atoms with E-state index in [2.05, 4.69) is 5.32 Å². The van der Waals surface area contributed by atoms with Gasteiger partial charge >= 0.3 is 0 Å². The van der Waals surface area contributed by atoms with Gasteiger partial charge in [0.25, 0.3) is 5.91 Å². The molecular weight excluding hydrogens is 318 g/mol. The Morgan fingerprint density at radius 2 is 2.04 bits per heavy atom. The van der Waals surface area contributed by atoms with Gasteiger partial charge < -0.3 is 20.4 Å². The zero-order valence-electron chi connectivity index (χ0n) is 14.1. The zero-order valence-corrected chi connectivity index (χ0v) is 14.1. The third-order valence-corrected chi connectivity index (χ3v) is 4.56. The van der Waals surface area contributed by atoms with Crippen LogP contribution in [-0.2, 0) is 11.2 Å². The van der Waals surface area contributed by atoms with Crippen LogP contribution >= 0.6 is 0 Å². The van der Waals surface area contributed by atoms with E-state index in [-0.39, 0.29) is 17.6 Å². The highest BCUT2D eigenvalue weighted by atomic mass is 16.3. The molecule has 2 amide bonds. The number of hydrogen-bond donors (Lipinski definition) is 2. The molecule has 6 heteroatoms. The smallest absolute Gasteiger partial charge is 0.287 e. The zero-order chi connectivity index (χ0) is 17.6. The number of carbonyl (C=O) groups excluding carboxylic acids is 2. The highest BCUT2D eigenvalue weighted by Gasteiger charge is 2.31. The maximum absolute atomic E-state index is 13.0. The Kier molecular flexibility index (Phi) is 5.50. The second kappa shape index (κ2) is 7.98. The maximum Gasteiger partial charge on any atom is 0.287 e. The molecule has 1 aromatic carbocycles. The topological polar surface area (TPSA) is 88.6 Å². The Labute approximate surface area is 147 Å². The number of rotatable bonds is 6. The van der Waals surface area contributed by atoms with Gasteiger partial charge in [-0.05, 0) is 36.6 Å². The minimum absolute atomic E-state index is 0.0697. The third-order valence-electron chi connectivity index (χ3n) is 4.56. The predicted octanol–water partition coefficient (Wildman–Crippen LogP) is 1.43. The van der Waals surface area contributed by atoms with Crippen molar-refractivity contribution in [3.8, 4) is 0 Å². The van der Waals surface area contributed by atoms with Gasteiger partial charge in [0, 0.05) is 19.5 Å². The molecule has 1 fully saturated rings. The number of furan rings is 1. The number of amides is 2. The van der Waals surface area contributed by atoms with Crippen molar-refractivity contribution in [2.45, 2.75) is 18.9 Å². The average molecular weight is 341 g/mol. The number of likely N-dealkylation sites (tertiary alicyclic amines) is 1. The van der Waals surface area contributed by atoms with Crippen molar-refractivity contribution in [2.75, 3.05) is 19.6 Å². The van der Waals surface area contributed by atoms with Crippen LogP contribution in [0.5, 0.6) is 0 Å². The number of nitrogens with two attached hydrogens (primary N) is 1. The summed E-state index contributed by atoms with van der Waals surface area (Å²) < 4.78 is 5.13. The summed E-state index contributed by atoms with van der Waals surface area (Å²) in [6, 6.07) is 12.3. The lowest BCUT2D eigenvalue weighted by Gasteiger charge is -2.24. The molecule has 0 bridgehead atoms. The van der Waals surface area contributed by atoms with Crippen molar-refractivity contribution >= 4 is 11.8 Å². The quantitative estimate of drug-likeness (QED) is 0.832. The van der Waals surface area contributed by atoms with E-state index in [0.29, 0.717) is 32.0 Å². The molecule has 25 heavy (non-hydrogen) atoms. The molecule has 0 radical (unpaired) electrons. The second-order valence-electron chi connectivity index (χ2n) is 6.37. The molecule has 1 aliphatic heterocycles. The normalized spacial score (nSPS) is 18.1. The lowest BCUT2D eigenvalue weighted by atomic mass is 10.0. The third kappa shape index (κ3) is 4.28. The van der Waals surface area contributed by atoms with Crippen LogP contribution in [0.15, 0.2) is 53.1 Å². The van der Waals surface area contributed by atoms with Crippen LogP contribution in [0, 0.1) is 5.92 Å². The lowest BCUT2D eigenvalue weighted by molar-refractivity contribution is -0.132. The number of nitrogens with zero attached hydrogens (tertiary/aromatic N) is 1. The van der Waals surface area contributed by atoms with E-state index >= 15 is 0 Å². The molecule has 0 aliphatic carbocycles. The van der Waals surface area contributed by atoms with Crippen LogP contribution in [0.4, 0.5) is 0 Å². The Morgan fingerprint density at radius 1 is 1.24 bits per heavy atom. The minimum Gasteiger partial charge on any atom is -0.459 e. The van der Waals surface area contributed by atoms with Gasteiger partial charge in [0.05, 0.1) is 6.26 Å². The number of hydrogen-bond acceptors (Lipinski definition) is 4. The van der Waals surface area contributed by atoms with E-state index in [1.807, 2.05) is 30.3 Å². The summed E-state index contributed by atoms with van der Waals surface area (Å²) in [6.45, 7) is 1.91. The van der Waals surface area contributed by atoms with Gasteiger partial charge in [-0.3, -0.25) is 9.59 Å². The van der Waals surface area contributed by atoms with Crippen LogP contribution < -0.4 is 11.1 Å². The van der Waals surface area contributed by atoms with Crippen LogP contribution in [0.3, 0.4) is 0 Å². The Hall–Kier alpha value is -2.60. The van der Waals surface area contributed by atoms with Crippen LogP contribution in [0.1, 0.15) is 22.5 Å². The van der Waals surface area contributed by atoms with Gasteiger partial charge in [-0.2, -0.15) is 0 Å². The van der Waals surface area contributed by atoms with Crippen molar-refractivity contribution < 1.29 is 14.0 Å². The molecule has 6 nitrogen and oxygen atoms in total. The highest BCUT2D eigenvalue weighted by Crippen LogP contribution is 2.17. The molecule has 132 valence electrons. The van der Waals surface area contributed by atoms with Crippen molar-refractivity contribution in [3.05, 3.63) is 60.1 Å². The number of benzene rings is 1. The van der Waals surface area contributed by atoms with Crippen LogP contribution in [0.25, 0.3) is 0 Å². The number of carbonyl (C=O) groups is 2. The second-order valence-corrected chi connectivity index (χ2v) is 6.37. The summed E-state index contributed by atoms with van der Waals surface area (Å²) in [5.74, 6) is 0.0859. The van der Waals surface area contributed by atoms with Gasteiger partial charge in [-0.1, -0.05) is 30.3 Å². The SMILES string of the molecule is NCC1CCN(C(=O)C(Cc2ccccc2)NC(=O)c2ccco2)C1. The summed E-state index contributed by atoms with van der Waals surface area (Å²) in [6.07, 6.45) is 2.79. The number of nitrogens with one attached hydrogen (secondary N) is 1. The first-order valence-corrected chi connectivity index (χ1v) is 8.54. The predicted molar refractivity (Wildman–Crippen MR) is 93.8 cm³/mol. The monoisotopic (exact) mass is 341 g/mol. The van der Waals surface area contributed by atoms with E-state index in [4.69, 9.17) is 10.2 Å². The maximum atomic E-state index is 13.0. The summed E-state index contributed by atoms with van der Waals surface area (Å²) in [5, 5.41) is 2.82. The van der Waals surface area contributed by atoms with Crippen molar-refractivity contribution in [1.82, 2.24) is 10.2 Å². The molecule has 2 atom stereocenters. The van der Waals surface area contributed by atoms with Gasteiger partial charge in [0.2, 0.25) is 5.91 Å². The van der Waals surface area contributed by atoms with E-state index in [0.717, 1.165) is 12.0 Å². The van der Waals surface area contributed by atoms with E-state index in [1.54, 1.807) is 17.0 Å². The average Bonchev–Trinajstić information content (AvgIpc) is 3.33. The summed E-state index contributed by atoms with van der Waals surface area (Å²) in [4.78, 5) is 27.1. The largest absolute Gasteiger partial charge is 0.459 e. The van der Waals surface area contributed by atoms with Crippen molar-refractivity contribution in [3.63, 3.8) is 0 Å². The van der Waals surface area contributed by atoms with Gasteiger partial charge in [-0.15, -0.1) is 0 Å². The molecule has 1 aliphatic rings. The van der Waals surface area contributed by atoms with Crippen molar-refractivity contribution in [2.24, 2.45) is 11.7 Å². The highest BCUT2D eigenvalue weighted by molar-refractivity contribution is 5.95. The standard InChI is InChI=1S/C19H23N3O3/c20-12-15-8-9-22(13-15)19(24)16(11-14-5-2-1-3-6-14)21-18(23)17-7-4-10-25-17/h1-7,10,15-16H,8-9,11-13,20H2,(H,21,23). The molecule has 3 N–H and O–H groups in total. The molecule has 2 aromatic rings. The van der Waals surface area contributed by atoms with E-state index in [1.165, 1.54) is 6.26 Å². The molecule has 2 heterocycles. The first-order valence-electron chi connectivity index (χ1n) is 8.54. The molecule has 3 rings (SSSR count). The molecular formula is C19H23N3O3. The van der Waals surface area contributed by atoms with Crippen molar-refractivity contribution in [1.29, 1.82) is 0 Å². The fraction of sp³-hybridized carbons (Fsp3) is 0.368. The Morgan fingerprint density at radius 3 is 2.68 bits per heavy atom. The summed E-state index contributed by atoms with van der Waals surface area (Å²) in [5.41, 5.74) is 6.72. The Bertz CT molecular complexity index is 700. The van der Waals surface area contributed by atoms with E-state index in [9.17, 15) is 9.59 Å². The molecule has 1 aromatic heterocycles. The summed E-state index contributed by atoms with van der Waals surface area (Å²) in [7, 11) is 0.